The molecule has 1 aromatic heterocycles. The smallest absolute Gasteiger partial charge is 0.123 e. The van der Waals surface area contributed by atoms with Crippen molar-refractivity contribution >= 4 is 23.9 Å². The Hall–Kier alpha value is -0.603. The highest BCUT2D eigenvalue weighted by Gasteiger charge is 2.25. The second kappa shape index (κ2) is 3.41. The third-order valence-corrected chi connectivity index (χ3v) is 7.96. The maximum Gasteiger partial charge on any atom is 0.123 e. The lowest BCUT2D eigenvalue weighted by atomic mass is 10.6. The monoisotopic (exact) mass is 194 g/mol. The van der Waals surface area contributed by atoms with Crippen LogP contribution in [-0.4, -0.2) is 8.07 Å². The van der Waals surface area contributed by atoms with Gasteiger partial charge in [0, 0.05) is 0 Å². The van der Waals surface area contributed by atoms with Crippen LogP contribution in [0, 0.1) is 0 Å². The van der Waals surface area contributed by atoms with E-state index >= 15 is 0 Å². The molecule has 0 aliphatic carbocycles. The molecule has 0 unspecified atom stereocenters. The molecule has 2 heteroatoms. The predicted molar refractivity (Wildman–Crippen MR) is 60.8 cm³/mol. The quantitative estimate of drug-likeness (QED) is 0.513. The fraction of sp³-hybridized carbons (Fsp3) is 0.200. The maximum absolute atomic E-state index is 4.05. The van der Waals surface area contributed by atoms with Crippen molar-refractivity contribution in [3.8, 4) is 0 Å². The summed E-state index contributed by atoms with van der Waals surface area (Å²) in [6.45, 7) is 12.4. The highest BCUT2D eigenvalue weighted by atomic mass is 32.1. The van der Waals surface area contributed by atoms with Crippen molar-refractivity contribution in [3.63, 3.8) is 0 Å². The van der Waals surface area contributed by atoms with E-state index in [2.05, 4.69) is 43.8 Å². The van der Waals surface area contributed by atoms with Crippen molar-refractivity contribution in [3.05, 3.63) is 41.9 Å². The third-order valence-electron chi connectivity index (χ3n) is 2.19. The molecule has 0 aliphatic heterocycles. The van der Waals surface area contributed by atoms with Crippen LogP contribution in [0.25, 0.3) is 0 Å². The second-order valence-electron chi connectivity index (χ2n) is 3.33. The summed E-state index contributed by atoms with van der Waals surface area (Å²) in [4.78, 5) is 0. The van der Waals surface area contributed by atoms with Crippen LogP contribution in [0.5, 0.6) is 0 Å². The lowest BCUT2D eigenvalue weighted by molar-refractivity contribution is 1.75. The van der Waals surface area contributed by atoms with Crippen molar-refractivity contribution in [2.24, 2.45) is 0 Å². The molecule has 0 aliphatic rings. The van der Waals surface area contributed by atoms with Crippen LogP contribution in [0.1, 0.15) is 0 Å². The van der Waals surface area contributed by atoms with E-state index in [0.29, 0.717) is 0 Å². The van der Waals surface area contributed by atoms with Gasteiger partial charge in [-0.25, -0.2) is 0 Å². The van der Waals surface area contributed by atoms with E-state index in [-0.39, 0.29) is 0 Å². The molecular formula is C10H14SSi. The summed E-state index contributed by atoms with van der Waals surface area (Å²) >= 11 is 1.83. The third kappa shape index (κ3) is 1.59. The number of thiophene rings is 1. The van der Waals surface area contributed by atoms with Gasteiger partial charge in [-0.05, 0) is 9.88 Å². The molecule has 1 aromatic rings. The average molecular weight is 194 g/mol. The van der Waals surface area contributed by atoms with Gasteiger partial charge in [0.05, 0.1) is 0 Å². The Morgan fingerprint density at radius 2 is 2.25 bits per heavy atom. The first-order chi connectivity index (χ1) is 5.59. The molecule has 0 saturated carbocycles. The zero-order valence-electron chi connectivity index (χ0n) is 7.63. The normalized spacial score (nSPS) is 11.2. The fourth-order valence-electron chi connectivity index (χ4n) is 1.05. The summed E-state index contributed by atoms with van der Waals surface area (Å²) < 4.78 is 1.48. The van der Waals surface area contributed by atoms with Crippen LogP contribution in [0.4, 0.5) is 0 Å². The molecule has 0 atom stereocenters. The lowest BCUT2D eigenvalue weighted by Crippen LogP contribution is -2.40. The van der Waals surface area contributed by atoms with Gasteiger partial charge in [-0.2, -0.15) is 11.3 Å². The van der Waals surface area contributed by atoms with Gasteiger partial charge in [0.15, 0.2) is 0 Å². The van der Waals surface area contributed by atoms with Gasteiger partial charge in [0.25, 0.3) is 0 Å². The van der Waals surface area contributed by atoms with E-state index in [0.717, 1.165) is 0 Å². The number of hydrogen-bond acceptors (Lipinski definition) is 1. The van der Waals surface area contributed by atoms with Crippen molar-refractivity contribution in [2.45, 2.75) is 13.1 Å². The molecule has 0 amide bonds. The van der Waals surface area contributed by atoms with E-state index < -0.39 is 8.07 Å². The van der Waals surface area contributed by atoms with Gasteiger partial charge in [0.1, 0.15) is 8.07 Å². The molecule has 0 spiro atoms. The van der Waals surface area contributed by atoms with Crippen molar-refractivity contribution in [1.29, 1.82) is 0 Å². The zero-order valence-corrected chi connectivity index (χ0v) is 9.45. The van der Waals surface area contributed by atoms with Gasteiger partial charge in [-0.1, -0.05) is 49.7 Å². The van der Waals surface area contributed by atoms with Gasteiger partial charge in [-0.3, -0.25) is 0 Å². The standard InChI is InChI=1S/C10H14SSi/c1-5-9(2)12(3,4)10-7-6-8-11-10/h5-8H,1-2H2,3-4H3. The van der Waals surface area contributed by atoms with Crippen molar-refractivity contribution in [2.75, 3.05) is 0 Å². The van der Waals surface area contributed by atoms with Crippen LogP contribution in [0.3, 0.4) is 0 Å². The molecule has 0 nitrogen and oxygen atoms in total. The molecule has 64 valence electrons. The molecule has 0 radical (unpaired) electrons. The topological polar surface area (TPSA) is 0 Å². The molecule has 0 aromatic carbocycles. The van der Waals surface area contributed by atoms with Crippen LogP contribution < -0.4 is 4.50 Å². The Bertz CT molecular complexity index is 283. The van der Waals surface area contributed by atoms with E-state index in [1.54, 1.807) is 0 Å². The highest BCUT2D eigenvalue weighted by molar-refractivity contribution is 7.26. The van der Waals surface area contributed by atoms with Crippen LogP contribution in [0.15, 0.2) is 41.9 Å². The zero-order chi connectivity index (χ0) is 9.19. The largest absolute Gasteiger partial charge is 0.153 e. The fourth-order valence-corrected chi connectivity index (χ4v) is 4.62. The summed E-state index contributed by atoms with van der Waals surface area (Å²) in [5.74, 6) is 0. The van der Waals surface area contributed by atoms with Crippen molar-refractivity contribution < 1.29 is 0 Å². The lowest BCUT2D eigenvalue weighted by Gasteiger charge is -2.20. The van der Waals surface area contributed by atoms with E-state index in [1.807, 2.05) is 17.4 Å². The summed E-state index contributed by atoms with van der Waals surface area (Å²) in [6, 6.07) is 4.30. The van der Waals surface area contributed by atoms with Crippen molar-refractivity contribution in [1.82, 2.24) is 0 Å². The maximum atomic E-state index is 4.05. The summed E-state index contributed by atoms with van der Waals surface area (Å²) in [5, 5.41) is 3.34. The Kier molecular flexibility index (Phi) is 2.70. The summed E-state index contributed by atoms with van der Waals surface area (Å²) in [6.07, 6.45) is 1.89. The molecule has 0 N–H and O–H groups in total. The predicted octanol–water partition coefficient (Wildman–Crippen LogP) is 2.94. The first kappa shape index (κ1) is 9.48. The van der Waals surface area contributed by atoms with Crippen LogP contribution >= 0.6 is 11.3 Å². The molecule has 0 saturated heterocycles. The minimum atomic E-state index is -1.42. The summed E-state index contributed by atoms with van der Waals surface area (Å²) in [5.41, 5.74) is 0. The van der Waals surface area contributed by atoms with Gasteiger partial charge in [0.2, 0.25) is 0 Å². The molecule has 0 fully saturated rings. The van der Waals surface area contributed by atoms with Crippen LogP contribution in [0.2, 0.25) is 13.1 Å². The first-order valence-electron chi connectivity index (χ1n) is 3.95. The Morgan fingerprint density at radius 3 is 2.67 bits per heavy atom. The van der Waals surface area contributed by atoms with Crippen LogP contribution in [-0.2, 0) is 0 Å². The highest BCUT2D eigenvalue weighted by Crippen LogP contribution is 2.16. The Balaban J connectivity index is 3.01. The Labute approximate surface area is 79.3 Å². The van der Waals surface area contributed by atoms with E-state index in [1.165, 1.54) is 9.70 Å². The van der Waals surface area contributed by atoms with E-state index in [4.69, 9.17) is 0 Å². The molecule has 12 heavy (non-hydrogen) atoms. The average Bonchev–Trinajstić information content (AvgIpc) is 2.55. The molecule has 1 heterocycles. The second-order valence-corrected chi connectivity index (χ2v) is 9.07. The van der Waals surface area contributed by atoms with Gasteiger partial charge < -0.3 is 0 Å². The minimum absolute atomic E-state index is 1.21. The number of allylic oxidation sites excluding steroid dienone is 2. The minimum Gasteiger partial charge on any atom is -0.153 e. The number of rotatable bonds is 3. The van der Waals surface area contributed by atoms with Gasteiger partial charge in [-0.15, -0.1) is 0 Å². The molecule has 0 bridgehead atoms. The van der Waals surface area contributed by atoms with Gasteiger partial charge >= 0.3 is 0 Å². The summed E-state index contributed by atoms with van der Waals surface area (Å²) in [7, 11) is -1.42. The Morgan fingerprint density at radius 1 is 1.58 bits per heavy atom. The molecular weight excluding hydrogens is 180 g/mol. The SMILES string of the molecule is C=CC(=C)[Si](C)(C)c1cccs1. The first-order valence-corrected chi connectivity index (χ1v) is 7.83. The molecule has 1 rings (SSSR count). The number of hydrogen-bond donors (Lipinski definition) is 0. The van der Waals surface area contributed by atoms with E-state index in [9.17, 15) is 0 Å².